The standard InChI is InChI=1S/Mo.Ni.2S.Zn. The monoisotopic (exact) mass is 284 g/mol. The van der Waals surface area contributed by atoms with Crippen LogP contribution in [0.5, 0.6) is 0 Å². The molecule has 0 saturated carbocycles. The molecule has 0 aromatic rings. The van der Waals surface area contributed by atoms with Crippen LogP contribution < -0.4 is 0 Å². The Morgan fingerprint density at radius 2 is 1.20 bits per heavy atom. The van der Waals surface area contributed by atoms with Gasteiger partial charge in [-0.05, 0) is 0 Å². The van der Waals surface area contributed by atoms with Crippen LogP contribution in [0, 0.1) is 0 Å². The van der Waals surface area contributed by atoms with E-state index >= 15 is 0 Å². The van der Waals surface area contributed by atoms with E-state index in [1.807, 2.05) is 0 Å². The maximum absolute atomic E-state index is 4.34. The average molecular weight is 284 g/mol. The van der Waals surface area contributed by atoms with Gasteiger partial charge in [-0.1, -0.05) is 0 Å². The van der Waals surface area contributed by atoms with Crippen molar-refractivity contribution in [3.05, 3.63) is 0 Å². The molecule has 0 aliphatic carbocycles. The molecule has 0 atom stereocenters. The van der Waals surface area contributed by atoms with Crippen LogP contribution in [0.1, 0.15) is 0 Å². The molecule has 0 aromatic carbocycles. The molecule has 0 radical (unpaired) electrons. The Hall–Kier alpha value is 2.25. The first-order valence-electron chi connectivity index (χ1n) is 0.333. The summed E-state index contributed by atoms with van der Waals surface area (Å²) < 4.78 is 0. The Balaban J connectivity index is -0.0000000200. The second kappa shape index (κ2) is 16.3. The maximum Gasteiger partial charge on any atom is 0 e. The summed E-state index contributed by atoms with van der Waals surface area (Å²) in [6, 6.07) is 0. The van der Waals surface area contributed by atoms with Crippen LogP contribution in [-0.2, 0) is 50.9 Å². The van der Waals surface area contributed by atoms with Crippen molar-refractivity contribution in [3.8, 4) is 0 Å². The normalized spacial score (nSPS) is 2.40. The summed E-state index contributed by atoms with van der Waals surface area (Å²) in [4.78, 5) is 0. The smallest absolute Gasteiger partial charge is 0 e. The Kier molecular flexibility index (Phi) is 51.2. The Labute approximate surface area is 69.6 Å². The molecule has 0 fully saturated rings. The molecule has 30 valence electrons. The minimum absolute atomic E-state index is 0. The molecule has 0 aliphatic heterocycles. The Morgan fingerprint density at radius 1 is 1.20 bits per heavy atom. The molecular formula is MoNiS2Zn. The van der Waals surface area contributed by atoms with E-state index in [1.165, 1.54) is 0 Å². The van der Waals surface area contributed by atoms with Gasteiger partial charge in [0.05, 0.1) is 0 Å². The van der Waals surface area contributed by atoms with Gasteiger partial charge in [-0.2, -0.15) is 0 Å². The summed E-state index contributed by atoms with van der Waals surface area (Å²) in [5.41, 5.74) is 0. The number of hydrogen-bond acceptors (Lipinski definition) is 2. The van der Waals surface area contributed by atoms with Gasteiger partial charge in [0.2, 0.25) is 0 Å². The third-order valence-corrected chi connectivity index (χ3v) is 0. The number of rotatable bonds is 0. The Bertz CT molecular complexity index is 30.6. The summed E-state index contributed by atoms with van der Waals surface area (Å²) in [7, 11) is 8.68. The second-order valence-electron chi connectivity index (χ2n) is 0.0680. The van der Waals surface area contributed by atoms with Crippen molar-refractivity contribution >= 4 is 19.6 Å². The zero-order valence-corrected chi connectivity index (χ0v) is 9.84. The third-order valence-electron chi connectivity index (χ3n) is 0. The molecule has 5 heteroatoms. The molecule has 0 rings (SSSR count). The van der Waals surface area contributed by atoms with Gasteiger partial charge in [0.15, 0.2) is 0 Å². The minimum atomic E-state index is -0.363. The van der Waals surface area contributed by atoms with Crippen LogP contribution in [-0.4, -0.2) is 0 Å². The topological polar surface area (TPSA) is 0 Å². The molecule has 0 heterocycles. The van der Waals surface area contributed by atoms with Crippen LogP contribution in [0.2, 0.25) is 0 Å². The molecule has 0 aliphatic rings. The van der Waals surface area contributed by atoms with Gasteiger partial charge in [0, 0.05) is 36.0 Å². The summed E-state index contributed by atoms with van der Waals surface area (Å²) in [5.74, 6) is 0. The fourth-order valence-electron chi connectivity index (χ4n) is 0. The van der Waals surface area contributed by atoms with Crippen LogP contribution in [0.3, 0.4) is 0 Å². The van der Waals surface area contributed by atoms with Crippen LogP contribution in [0.25, 0.3) is 0 Å². The molecule has 0 amide bonds. The van der Waals surface area contributed by atoms with E-state index in [2.05, 4.69) is 19.6 Å². The minimum Gasteiger partial charge on any atom is 0 e. The van der Waals surface area contributed by atoms with E-state index in [-0.39, 0.29) is 50.9 Å². The van der Waals surface area contributed by atoms with E-state index in [0.717, 1.165) is 0 Å². The van der Waals surface area contributed by atoms with Gasteiger partial charge in [0.25, 0.3) is 0 Å². The fraction of sp³-hybridized carbons (Fsp3) is 0. The maximum atomic E-state index is 4.34. The van der Waals surface area contributed by atoms with Gasteiger partial charge >= 0.3 is 34.6 Å². The molecule has 0 aromatic heterocycles. The molecule has 0 bridgehead atoms. The van der Waals surface area contributed by atoms with Gasteiger partial charge in [0.1, 0.15) is 0 Å². The van der Waals surface area contributed by atoms with Crippen molar-refractivity contribution < 1.29 is 50.9 Å². The van der Waals surface area contributed by atoms with Gasteiger partial charge < -0.3 is 0 Å². The predicted molar refractivity (Wildman–Crippen MR) is 15.2 cm³/mol. The predicted octanol–water partition coefficient (Wildman–Crippen LogP) is 1.29. The summed E-state index contributed by atoms with van der Waals surface area (Å²) in [6.07, 6.45) is 0. The number of hydrogen-bond donors (Lipinski definition) is 0. The molecule has 5 heavy (non-hydrogen) atoms. The Morgan fingerprint density at radius 3 is 1.20 bits per heavy atom. The van der Waals surface area contributed by atoms with E-state index < -0.39 is 0 Å². The van der Waals surface area contributed by atoms with Crippen molar-refractivity contribution in [3.63, 3.8) is 0 Å². The van der Waals surface area contributed by atoms with Gasteiger partial charge in [-0.3, -0.25) is 0 Å². The van der Waals surface area contributed by atoms with Crippen molar-refractivity contribution in [1.82, 2.24) is 0 Å². The fourth-order valence-corrected chi connectivity index (χ4v) is 0. The first-order chi connectivity index (χ1) is 1.41. The summed E-state index contributed by atoms with van der Waals surface area (Å²) in [6.45, 7) is 0. The SMILES string of the molecule is [Ni].[S]=[Mo]=[S].[Zn]. The first-order valence-corrected chi connectivity index (χ1v) is 5.92. The average Bonchev–Trinajstić information content (AvgIpc) is 0.918. The molecule has 0 unspecified atom stereocenters. The van der Waals surface area contributed by atoms with Gasteiger partial charge in [-0.15, -0.1) is 0 Å². The van der Waals surface area contributed by atoms with E-state index in [1.54, 1.807) is 0 Å². The van der Waals surface area contributed by atoms with Crippen molar-refractivity contribution in [2.24, 2.45) is 0 Å². The summed E-state index contributed by atoms with van der Waals surface area (Å²) in [5, 5.41) is 0. The van der Waals surface area contributed by atoms with Gasteiger partial charge in [-0.25, -0.2) is 0 Å². The van der Waals surface area contributed by atoms with Crippen molar-refractivity contribution in [2.45, 2.75) is 0 Å². The van der Waals surface area contributed by atoms with Crippen molar-refractivity contribution in [2.75, 3.05) is 0 Å². The second-order valence-corrected chi connectivity index (χ2v) is 3.62. The zero-order valence-electron chi connectivity index (χ0n) is 2.25. The van der Waals surface area contributed by atoms with E-state index in [4.69, 9.17) is 0 Å². The molecule has 0 saturated heterocycles. The first kappa shape index (κ1) is 15.7. The van der Waals surface area contributed by atoms with Crippen LogP contribution in [0.4, 0.5) is 0 Å². The third kappa shape index (κ3) is 22.3. The van der Waals surface area contributed by atoms with Crippen LogP contribution in [0.15, 0.2) is 0 Å². The molecule has 0 N–H and O–H groups in total. The zero-order chi connectivity index (χ0) is 2.71. The molecular weight excluding hydrogens is 284 g/mol. The largest absolute Gasteiger partial charge is 0 e. The van der Waals surface area contributed by atoms with Crippen molar-refractivity contribution in [1.29, 1.82) is 0 Å². The quantitative estimate of drug-likeness (QED) is 0.615. The van der Waals surface area contributed by atoms with E-state index in [0.29, 0.717) is 0 Å². The molecule has 0 spiro atoms. The van der Waals surface area contributed by atoms with Crippen LogP contribution >= 0.6 is 19.6 Å². The molecule has 0 nitrogen and oxygen atoms in total. The van der Waals surface area contributed by atoms with E-state index in [9.17, 15) is 0 Å². The summed E-state index contributed by atoms with van der Waals surface area (Å²) >= 11 is -0.363.